The van der Waals surface area contributed by atoms with E-state index in [0.717, 1.165) is 16.7 Å². The first-order valence-electron chi connectivity index (χ1n) is 11.5. The smallest absolute Gasteiger partial charge is 0.269 e. The van der Waals surface area contributed by atoms with Crippen LogP contribution in [0, 0.1) is 18.3 Å². The van der Waals surface area contributed by atoms with Crippen molar-refractivity contribution in [1.29, 1.82) is 5.26 Å². The number of nitrogens with zero attached hydrogens (tertiary/aromatic N) is 2. The predicted octanol–water partition coefficient (Wildman–Crippen LogP) is 6.18. The van der Waals surface area contributed by atoms with Crippen molar-refractivity contribution in [2.45, 2.75) is 38.4 Å². The Kier molecular flexibility index (Phi) is 7.38. The molecule has 1 heterocycles. The number of nitrogens with one attached hydrogen (secondary N) is 1. The first kappa shape index (κ1) is 24.3. The molecule has 1 unspecified atom stereocenters. The zero-order chi connectivity index (χ0) is 24.9. The van der Waals surface area contributed by atoms with Crippen molar-refractivity contribution in [1.82, 2.24) is 0 Å². The highest BCUT2D eigenvalue weighted by atomic mass is 32.2. The molecule has 1 aliphatic rings. The average Bonchev–Trinajstić information content (AvgIpc) is 3.17. The van der Waals surface area contributed by atoms with Gasteiger partial charge in [0.25, 0.3) is 5.91 Å². The van der Waals surface area contributed by atoms with Gasteiger partial charge in [-0.25, -0.2) is 0 Å². The van der Waals surface area contributed by atoms with Crippen molar-refractivity contribution < 1.29 is 9.59 Å². The molecule has 1 fully saturated rings. The Balaban J connectivity index is 1.72. The number of amides is 2. The summed E-state index contributed by atoms with van der Waals surface area (Å²) in [4.78, 5) is 28.3. The van der Waals surface area contributed by atoms with Crippen molar-refractivity contribution in [3.63, 3.8) is 0 Å². The minimum absolute atomic E-state index is 0.0773. The average molecular weight is 482 g/mol. The van der Waals surface area contributed by atoms with Crippen molar-refractivity contribution in [2.24, 2.45) is 0 Å². The number of hydrogen-bond donors (Lipinski definition) is 1. The Labute approximate surface area is 210 Å². The number of carbonyl (C=O) groups is 2. The van der Waals surface area contributed by atoms with Crippen LogP contribution < -0.4 is 10.2 Å². The fourth-order valence-electron chi connectivity index (χ4n) is 3.88. The van der Waals surface area contributed by atoms with E-state index in [1.54, 1.807) is 12.1 Å². The highest BCUT2D eigenvalue weighted by Gasteiger charge is 2.40. The van der Waals surface area contributed by atoms with Crippen LogP contribution in [0.2, 0.25) is 0 Å². The molecule has 0 radical (unpaired) electrons. The first-order chi connectivity index (χ1) is 16.9. The highest BCUT2D eigenvalue weighted by Crippen LogP contribution is 2.42. The van der Waals surface area contributed by atoms with Gasteiger partial charge in [-0.2, -0.15) is 5.26 Å². The van der Waals surface area contributed by atoms with E-state index in [9.17, 15) is 14.9 Å². The molecular weight excluding hydrogens is 454 g/mol. The van der Waals surface area contributed by atoms with E-state index in [-0.39, 0.29) is 11.5 Å². The van der Waals surface area contributed by atoms with Crippen molar-refractivity contribution in [3.8, 4) is 6.07 Å². The summed E-state index contributed by atoms with van der Waals surface area (Å²) in [6, 6.07) is 26.8. The number of carbonyl (C=O) groups excluding carboxylic acids is 2. The van der Waals surface area contributed by atoms with Crippen LogP contribution in [0.15, 0.2) is 89.5 Å². The van der Waals surface area contributed by atoms with Gasteiger partial charge in [0.1, 0.15) is 16.7 Å². The SMILES string of the molecule is Cc1ccc(CC2S/C(=C(/C#N)C(=O)Nc3ccccc3)N(c3ccc(C(C)C)cc3)C2=O)cc1. The minimum atomic E-state index is -0.534. The Bertz CT molecular complexity index is 1290. The Hall–Kier alpha value is -3.82. The lowest BCUT2D eigenvalue weighted by Crippen LogP contribution is -2.31. The van der Waals surface area contributed by atoms with Crippen LogP contribution in [0.4, 0.5) is 11.4 Å². The third kappa shape index (κ3) is 5.47. The van der Waals surface area contributed by atoms with Gasteiger partial charge in [0.2, 0.25) is 5.91 Å². The van der Waals surface area contributed by atoms with E-state index in [1.807, 2.05) is 73.7 Å². The van der Waals surface area contributed by atoms with Crippen molar-refractivity contribution >= 4 is 35.0 Å². The molecule has 0 spiro atoms. The number of nitriles is 1. The van der Waals surface area contributed by atoms with E-state index in [0.29, 0.717) is 28.7 Å². The fourth-order valence-corrected chi connectivity index (χ4v) is 5.19. The van der Waals surface area contributed by atoms with Gasteiger partial charge in [-0.15, -0.1) is 0 Å². The molecule has 0 bridgehead atoms. The maximum absolute atomic E-state index is 13.6. The molecular formula is C29H27N3O2S. The summed E-state index contributed by atoms with van der Waals surface area (Å²) >= 11 is 1.28. The Morgan fingerprint density at radius 1 is 1.03 bits per heavy atom. The molecule has 2 amide bonds. The molecule has 1 atom stereocenters. The number of rotatable bonds is 6. The molecule has 0 aromatic heterocycles. The molecule has 3 aromatic rings. The summed E-state index contributed by atoms with van der Waals surface area (Å²) in [7, 11) is 0. The van der Waals surface area contributed by atoms with Gasteiger partial charge < -0.3 is 5.32 Å². The molecule has 0 aliphatic carbocycles. The molecule has 1 N–H and O–H groups in total. The van der Waals surface area contributed by atoms with Gasteiger partial charge in [-0.1, -0.05) is 85.8 Å². The predicted molar refractivity (Wildman–Crippen MR) is 142 cm³/mol. The van der Waals surface area contributed by atoms with Crippen molar-refractivity contribution in [3.05, 3.63) is 106 Å². The largest absolute Gasteiger partial charge is 0.321 e. The van der Waals surface area contributed by atoms with Gasteiger partial charge in [-0.05, 0) is 54.7 Å². The molecule has 6 heteroatoms. The molecule has 1 saturated heterocycles. The Morgan fingerprint density at radius 3 is 2.29 bits per heavy atom. The summed E-state index contributed by atoms with van der Waals surface area (Å²) in [6.07, 6.45) is 0.507. The molecule has 3 aromatic carbocycles. The lowest BCUT2D eigenvalue weighted by atomic mass is 10.0. The minimum Gasteiger partial charge on any atom is -0.321 e. The van der Waals surface area contributed by atoms with Gasteiger partial charge >= 0.3 is 0 Å². The first-order valence-corrected chi connectivity index (χ1v) is 12.4. The Morgan fingerprint density at radius 2 is 1.69 bits per heavy atom. The highest BCUT2D eigenvalue weighted by molar-refractivity contribution is 8.05. The standard InChI is InChI=1S/C29H27N3O2S/c1-19(2)22-13-15-24(16-14-22)32-28(34)26(17-21-11-9-20(3)10-12-21)35-29(32)25(18-30)27(33)31-23-7-5-4-6-8-23/h4-16,19,26H,17H2,1-3H3,(H,31,33)/b29-25-. The van der Waals surface area contributed by atoms with Gasteiger partial charge in [0.05, 0.1) is 5.25 Å². The van der Waals surface area contributed by atoms with E-state index >= 15 is 0 Å². The van der Waals surface area contributed by atoms with E-state index in [4.69, 9.17) is 0 Å². The molecule has 5 nitrogen and oxygen atoms in total. The maximum atomic E-state index is 13.6. The summed E-state index contributed by atoms with van der Waals surface area (Å²) < 4.78 is 0. The van der Waals surface area contributed by atoms with Crippen LogP contribution in [0.1, 0.15) is 36.5 Å². The van der Waals surface area contributed by atoms with Crippen LogP contribution in [-0.2, 0) is 16.0 Å². The third-order valence-corrected chi connectivity index (χ3v) is 7.16. The van der Waals surface area contributed by atoms with Gasteiger partial charge in [0.15, 0.2) is 0 Å². The topological polar surface area (TPSA) is 73.2 Å². The van der Waals surface area contributed by atoms with E-state index in [1.165, 1.54) is 16.7 Å². The fraction of sp³-hybridized carbons (Fsp3) is 0.207. The maximum Gasteiger partial charge on any atom is 0.269 e. The van der Waals surface area contributed by atoms with Crippen LogP contribution in [-0.4, -0.2) is 17.1 Å². The number of aryl methyl sites for hydroxylation is 1. The van der Waals surface area contributed by atoms with Crippen molar-refractivity contribution in [2.75, 3.05) is 10.2 Å². The van der Waals surface area contributed by atoms with Crippen LogP contribution in [0.5, 0.6) is 0 Å². The lowest BCUT2D eigenvalue weighted by molar-refractivity contribution is -0.117. The molecule has 4 rings (SSSR count). The van der Waals surface area contributed by atoms with Crippen LogP contribution >= 0.6 is 11.8 Å². The normalized spacial score (nSPS) is 16.8. The number of anilines is 2. The summed E-state index contributed by atoms with van der Waals surface area (Å²) in [5.74, 6) is -0.319. The molecule has 1 aliphatic heterocycles. The number of para-hydroxylation sites is 1. The number of benzene rings is 3. The quantitative estimate of drug-likeness (QED) is 0.337. The number of thioether (sulfide) groups is 1. The second kappa shape index (κ2) is 10.6. The summed E-state index contributed by atoms with van der Waals surface area (Å²) in [5, 5.41) is 12.7. The molecule has 176 valence electrons. The summed E-state index contributed by atoms with van der Waals surface area (Å²) in [6.45, 7) is 6.24. The van der Waals surface area contributed by atoms with E-state index in [2.05, 4.69) is 25.2 Å². The third-order valence-electron chi connectivity index (χ3n) is 5.90. The second-order valence-corrected chi connectivity index (χ2v) is 10.0. The molecule has 0 saturated carbocycles. The summed E-state index contributed by atoms with van der Waals surface area (Å²) in [5.41, 5.74) is 4.49. The van der Waals surface area contributed by atoms with Crippen LogP contribution in [0.3, 0.4) is 0 Å². The number of hydrogen-bond acceptors (Lipinski definition) is 4. The van der Waals surface area contributed by atoms with E-state index < -0.39 is 11.2 Å². The second-order valence-electron chi connectivity index (χ2n) is 8.83. The lowest BCUT2D eigenvalue weighted by Gasteiger charge is -2.19. The molecule has 35 heavy (non-hydrogen) atoms. The monoisotopic (exact) mass is 481 g/mol. The van der Waals surface area contributed by atoms with Crippen LogP contribution in [0.25, 0.3) is 0 Å². The zero-order valence-corrected chi connectivity index (χ0v) is 20.8. The van der Waals surface area contributed by atoms with Gasteiger partial charge in [-0.3, -0.25) is 14.5 Å². The van der Waals surface area contributed by atoms with Gasteiger partial charge in [0, 0.05) is 11.4 Å². The zero-order valence-electron chi connectivity index (χ0n) is 20.0.